The Hall–Kier alpha value is -2.83. The molecule has 528 valence electrons. The molecule has 2 heterocycles. The molecule has 14 heteroatoms. The highest BCUT2D eigenvalue weighted by Gasteiger charge is 2.51. The van der Waals surface area contributed by atoms with Gasteiger partial charge in [0, 0.05) is 6.42 Å². The zero-order valence-electron chi connectivity index (χ0n) is 57.6. The monoisotopic (exact) mass is 1280 g/mol. The zero-order chi connectivity index (χ0) is 65.9. The number of ether oxygens (including phenoxy) is 4. The van der Waals surface area contributed by atoms with Gasteiger partial charge in [-0.05, 0) is 77.0 Å². The molecule has 2 aliphatic heterocycles. The summed E-state index contributed by atoms with van der Waals surface area (Å²) in [5.41, 5.74) is 0. The van der Waals surface area contributed by atoms with Crippen molar-refractivity contribution in [3.05, 3.63) is 85.1 Å². The maximum Gasteiger partial charge on any atom is 0.220 e. The van der Waals surface area contributed by atoms with E-state index in [-0.39, 0.29) is 18.9 Å². The summed E-state index contributed by atoms with van der Waals surface area (Å²) in [5.74, 6) is -0.246. The minimum Gasteiger partial charge on any atom is -0.394 e. The summed E-state index contributed by atoms with van der Waals surface area (Å²) in [4.78, 5) is 13.3. The average Bonchev–Trinajstić information content (AvgIpc) is 1.19. The first kappa shape index (κ1) is 84.3. The number of unbranched alkanes of at least 4 members (excludes halogenated alkanes) is 36. The van der Waals surface area contributed by atoms with Crippen LogP contribution < -0.4 is 5.32 Å². The summed E-state index contributed by atoms with van der Waals surface area (Å²) in [6.45, 7) is 2.69. The van der Waals surface area contributed by atoms with Gasteiger partial charge in [-0.1, -0.05) is 304 Å². The Morgan fingerprint density at radius 3 is 1.21 bits per heavy atom. The largest absolute Gasteiger partial charge is 0.394 e. The maximum atomic E-state index is 13.3. The summed E-state index contributed by atoms with van der Waals surface area (Å²) in [6, 6.07) is -0.933. The molecule has 91 heavy (non-hydrogen) atoms. The number of aliphatic hydroxyl groups excluding tert-OH is 8. The van der Waals surface area contributed by atoms with Crippen LogP contribution in [0.5, 0.6) is 0 Å². The maximum absolute atomic E-state index is 13.3. The second kappa shape index (κ2) is 60.8. The number of aliphatic hydroxyl groups is 8. The molecule has 0 saturated carbocycles. The highest BCUT2D eigenvalue weighted by atomic mass is 16.7. The van der Waals surface area contributed by atoms with Crippen LogP contribution in [-0.4, -0.2) is 140 Å². The highest BCUT2D eigenvalue weighted by molar-refractivity contribution is 5.76. The number of rotatable bonds is 61. The van der Waals surface area contributed by atoms with E-state index in [9.17, 15) is 45.6 Å². The van der Waals surface area contributed by atoms with E-state index in [0.29, 0.717) is 12.8 Å². The Balaban J connectivity index is 1.59. The van der Waals surface area contributed by atoms with Crippen LogP contribution in [0.15, 0.2) is 85.1 Å². The second-order valence-corrected chi connectivity index (χ2v) is 26.0. The first-order chi connectivity index (χ1) is 44.6. The van der Waals surface area contributed by atoms with Crippen molar-refractivity contribution in [2.75, 3.05) is 19.8 Å². The number of hydrogen-bond donors (Lipinski definition) is 9. The first-order valence-electron chi connectivity index (χ1n) is 37.3. The molecule has 0 bridgehead atoms. The van der Waals surface area contributed by atoms with Gasteiger partial charge in [0.1, 0.15) is 48.8 Å². The van der Waals surface area contributed by atoms with E-state index >= 15 is 0 Å². The second-order valence-electron chi connectivity index (χ2n) is 26.0. The topological polar surface area (TPSA) is 228 Å². The van der Waals surface area contributed by atoms with Gasteiger partial charge in [-0.15, -0.1) is 0 Å². The summed E-state index contributed by atoms with van der Waals surface area (Å²) < 4.78 is 22.8. The van der Waals surface area contributed by atoms with Crippen molar-refractivity contribution in [2.24, 2.45) is 0 Å². The Morgan fingerprint density at radius 1 is 0.407 bits per heavy atom. The van der Waals surface area contributed by atoms with Gasteiger partial charge in [0.15, 0.2) is 12.6 Å². The molecular formula is C77H137NO13. The lowest BCUT2D eigenvalue weighted by atomic mass is 9.97. The lowest BCUT2D eigenvalue weighted by molar-refractivity contribution is -0.359. The molecule has 0 aromatic rings. The smallest absolute Gasteiger partial charge is 0.220 e. The lowest BCUT2D eigenvalue weighted by Gasteiger charge is -2.46. The fraction of sp³-hybridized carbons (Fsp3) is 0.805. The van der Waals surface area contributed by atoms with E-state index in [1.807, 2.05) is 6.08 Å². The quantitative estimate of drug-likeness (QED) is 0.0204. The van der Waals surface area contributed by atoms with Crippen molar-refractivity contribution in [2.45, 2.75) is 376 Å². The number of amides is 1. The number of hydrogen-bond acceptors (Lipinski definition) is 13. The Morgan fingerprint density at radius 2 is 0.769 bits per heavy atom. The van der Waals surface area contributed by atoms with E-state index in [1.165, 1.54) is 205 Å². The summed E-state index contributed by atoms with van der Waals surface area (Å²) in [7, 11) is 0. The normalized spacial score (nSPS) is 23.3. The van der Waals surface area contributed by atoms with Gasteiger partial charge in [-0.2, -0.15) is 0 Å². The van der Waals surface area contributed by atoms with Crippen molar-refractivity contribution in [1.82, 2.24) is 5.32 Å². The van der Waals surface area contributed by atoms with Crippen molar-refractivity contribution in [3.63, 3.8) is 0 Å². The van der Waals surface area contributed by atoms with Crippen LogP contribution in [0.4, 0.5) is 0 Å². The molecule has 12 atom stereocenters. The molecule has 0 aromatic heterocycles. The third-order valence-corrected chi connectivity index (χ3v) is 17.8. The van der Waals surface area contributed by atoms with Gasteiger partial charge >= 0.3 is 0 Å². The van der Waals surface area contributed by atoms with E-state index in [1.54, 1.807) is 6.08 Å². The summed E-state index contributed by atoms with van der Waals surface area (Å²) >= 11 is 0. The third-order valence-electron chi connectivity index (χ3n) is 17.8. The van der Waals surface area contributed by atoms with E-state index < -0.39 is 86.8 Å². The Bertz CT molecular complexity index is 1850. The molecule has 0 aliphatic carbocycles. The van der Waals surface area contributed by atoms with Crippen LogP contribution in [0, 0.1) is 0 Å². The summed E-state index contributed by atoms with van der Waals surface area (Å²) in [5, 5.41) is 87.4. The number of carbonyl (C=O) groups is 1. The van der Waals surface area contributed by atoms with Gasteiger partial charge in [-0.25, -0.2) is 0 Å². The average molecular weight is 1280 g/mol. The molecule has 12 unspecified atom stereocenters. The van der Waals surface area contributed by atoms with Crippen LogP contribution in [-0.2, 0) is 23.7 Å². The van der Waals surface area contributed by atoms with Gasteiger partial charge < -0.3 is 65.1 Å². The molecule has 0 radical (unpaired) electrons. The van der Waals surface area contributed by atoms with Crippen LogP contribution in [0.1, 0.15) is 303 Å². The van der Waals surface area contributed by atoms with Crippen LogP contribution in [0.25, 0.3) is 0 Å². The Kier molecular flexibility index (Phi) is 56.3. The van der Waals surface area contributed by atoms with Crippen LogP contribution in [0.2, 0.25) is 0 Å². The van der Waals surface area contributed by atoms with Gasteiger partial charge in [0.05, 0.1) is 32.0 Å². The van der Waals surface area contributed by atoms with Gasteiger partial charge in [-0.3, -0.25) is 4.79 Å². The molecule has 2 fully saturated rings. The highest BCUT2D eigenvalue weighted by Crippen LogP contribution is 2.30. The molecule has 1 amide bonds. The molecule has 9 N–H and O–H groups in total. The SMILES string of the molecule is CC/C=C\C/C=C\C/C=C\C/C=C\C/C=C\CCCCCCCCCCCCCCCCCCCCCCCCCC(=O)NC(COC1OC(CO)C(OC2OC(CO)C(O)C(O)C2O)C(O)C1O)C(O)/C=C/CC/C=C/CCCCCCCCCCCCCC. The fourth-order valence-electron chi connectivity index (χ4n) is 11.9. The minimum absolute atomic E-state index is 0.246. The molecule has 2 aliphatic rings. The molecule has 14 nitrogen and oxygen atoms in total. The summed E-state index contributed by atoms with van der Waals surface area (Å²) in [6.07, 6.45) is 68.1. The molecule has 2 saturated heterocycles. The number of allylic oxidation sites excluding steroid dienone is 13. The number of carbonyl (C=O) groups excluding carboxylic acids is 1. The van der Waals surface area contributed by atoms with Crippen molar-refractivity contribution >= 4 is 5.91 Å². The fourth-order valence-corrected chi connectivity index (χ4v) is 11.9. The van der Waals surface area contributed by atoms with Crippen molar-refractivity contribution in [1.29, 1.82) is 0 Å². The molecular weight excluding hydrogens is 1150 g/mol. The van der Waals surface area contributed by atoms with E-state index in [4.69, 9.17) is 18.9 Å². The predicted molar refractivity (Wildman–Crippen MR) is 373 cm³/mol. The third kappa shape index (κ3) is 44.5. The standard InChI is InChI=1S/C77H137NO13/c1-3-5-7-9-11-13-15-17-19-21-23-24-25-26-27-28-29-30-31-32-33-34-35-36-37-38-39-40-41-42-43-45-47-49-51-53-55-57-59-61-69(82)78-65(66(81)60-58-56-54-52-50-48-46-44-22-20-18-16-14-12-10-8-6-4-2)64-88-76-74(87)72(85)75(68(63-80)90-76)91-77-73(86)71(84)70(83)67(62-79)89-77/h5,7,11,13,17,19,23-24,26-27,50,52,58,60,65-68,70-77,79-81,83-87H,3-4,6,8-10,12,14-16,18,20-22,25,28-49,51,53-57,59,61-64H2,1-2H3,(H,78,82)/b7-5-,13-11-,19-17-,24-23-,27-26-,52-50+,60-58+. The van der Waals surface area contributed by atoms with Gasteiger partial charge in [0.2, 0.25) is 5.91 Å². The van der Waals surface area contributed by atoms with Crippen LogP contribution >= 0.6 is 0 Å². The van der Waals surface area contributed by atoms with Crippen LogP contribution in [0.3, 0.4) is 0 Å². The van der Waals surface area contributed by atoms with E-state index in [2.05, 4.69) is 92.1 Å². The molecule has 0 aromatic carbocycles. The lowest BCUT2D eigenvalue weighted by Crippen LogP contribution is -2.65. The molecule has 2 rings (SSSR count). The van der Waals surface area contributed by atoms with Crippen molar-refractivity contribution < 1.29 is 64.6 Å². The Labute approximate surface area is 554 Å². The van der Waals surface area contributed by atoms with Crippen molar-refractivity contribution in [3.8, 4) is 0 Å². The number of nitrogens with one attached hydrogen (secondary N) is 1. The van der Waals surface area contributed by atoms with Gasteiger partial charge in [0.25, 0.3) is 0 Å². The first-order valence-corrected chi connectivity index (χ1v) is 37.3. The molecule has 0 spiro atoms. The predicted octanol–water partition coefficient (Wildman–Crippen LogP) is 16.0. The zero-order valence-corrected chi connectivity index (χ0v) is 57.6. The minimum atomic E-state index is -1.79. The van der Waals surface area contributed by atoms with E-state index in [0.717, 1.165) is 64.2 Å².